The fraction of sp³-hybridized carbons (Fsp3) is 0.857. The Morgan fingerprint density at radius 2 is 1.73 bits per heavy atom. The lowest BCUT2D eigenvalue weighted by molar-refractivity contribution is -0.150. The van der Waals surface area contributed by atoms with Gasteiger partial charge in [-0.05, 0) is 81.0 Å². The minimum absolute atomic E-state index is 0.0205. The maximum atomic E-state index is 10.5. The van der Waals surface area contributed by atoms with Crippen LogP contribution in [0.1, 0.15) is 80.6 Å². The van der Waals surface area contributed by atoms with E-state index in [4.69, 9.17) is 13.9 Å². The van der Waals surface area contributed by atoms with Crippen molar-refractivity contribution in [2.45, 2.75) is 129 Å². The van der Waals surface area contributed by atoms with Crippen molar-refractivity contribution in [3.05, 3.63) is 23.3 Å². The van der Waals surface area contributed by atoms with Gasteiger partial charge in [0.2, 0.25) is 0 Å². The quantitative estimate of drug-likeness (QED) is 0.374. The molecule has 1 heterocycles. The molecular weight excluding hydrogens is 428 g/mol. The number of rotatable bonds is 2. The molecule has 0 spiro atoms. The van der Waals surface area contributed by atoms with Crippen molar-refractivity contribution in [1.82, 2.24) is 0 Å². The van der Waals surface area contributed by atoms with E-state index in [2.05, 4.69) is 59.9 Å². The first-order valence-corrected chi connectivity index (χ1v) is 16.1. The standard InChI is InChI=1S/C28H46O4Si/c1-25(2,3)33(8,9)32-21-11-10-18-22-19(13-15-28(18,21)7)27(6)14-12-17(29)16-20(27)23-24(22)31-26(4,5)30-23/h13,16-18,21-24,29H,10-12,14-15H2,1-9H3/t17-,18?,21+,22?,23-,24-,27-,28+/m1/s1. The van der Waals surface area contributed by atoms with Crippen LogP contribution in [0.5, 0.6) is 0 Å². The van der Waals surface area contributed by atoms with Gasteiger partial charge in [0.1, 0.15) is 6.10 Å². The van der Waals surface area contributed by atoms with Gasteiger partial charge in [-0.1, -0.05) is 52.3 Å². The Bertz CT molecular complexity index is 883. The molecule has 0 amide bonds. The van der Waals surface area contributed by atoms with Gasteiger partial charge in [-0.15, -0.1) is 0 Å². The van der Waals surface area contributed by atoms with Crippen molar-refractivity contribution < 1.29 is 19.0 Å². The number of hydrogen-bond donors (Lipinski definition) is 1. The van der Waals surface area contributed by atoms with E-state index < -0.39 is 14.1 Å². The van der Waals surface area contributed by atoms with Gasteiger partial charge in [-0.3, -0.25) is 0 Å². The first-order chi connectivity index (χ1) is 15.1. The summed E-state index contributed by atoms with van der Waals surface area (Å²) in [6.45, 7) is 20.8. The molecule has 4 aliphatic carbocycles. The van der Waals surface area contributed by atoms with Crippen LogP contribution in [-0.4, -0.2) is 43.6 Å². The summed E-state index contributed by atoms with van der Waals surface area (Å²) in [5, 5.41) is 10.7. The molecule has 1 saturated heterocycles. The topological polar surface area (TPSA) is 47.9 Å². The normalized spacial score (nSPS) is 46.6. The highest BCUT2D eigenvalue weighted by Crippen LogP contribution is 2.66. The van der Waals surface area contributed by atoms with Crippen molar-refractivity contribution in [2.75, 3.05) is 0 Å². The van der Waals surface area contributed by atoms with Crippen LogP contribution in [0.4, 0.5) is 0 Å². The highest BCUT2D eigenvalue weighted by molar-refractivity contribution is 6.74. The Morgan fingerprint density at radius 3 is 2.39 bits per heavy atom. The van der Waals surface area contributed by atoms with Crippen molar-refractivity contribution in [2.24, 2.45) is 22.7 Å². The van der Waals surface area contributed by atoms with E-state index in [1.54, 1.807) is 5.57 Å². The largest absolute Gasteiger partial charge is 0.413 e. The molecule has 5 rings (SSSR count). The van der Waals surface area contributed by atoms with Gasteiger partial charge in [0.05, 0.1) is 18.3 Å². The first kappa shape index (κ1) is 24.2. The second kappa shape index (κ2) is 7.28. The Labute approximate surface area is 202 Å². The Hall–Kier alpha value is -0.463. The summed E-state index contributed by atoms with van der Waals surface area (Å²) in [6.07, 6.45) is 9.78. The van der Waals surface area contributed by atoms with Gasteiger partial charge in [0.25, 0.3) is 0 Å². The second-order valence-corrected chi connectivity index (χ2v) is 18.8. The summed E-state index contributed by atoms with van der Waals surface area (Å²) >= 11 is 0. The summed E-state index contributed by atoms with van der Waals surface area (Å²) in [4.78, 5) is 0. The second-order valence-electron chi connectivity index (χ2n) is 14.0. The molecule has 0 aromatic carbocycles. The average Bonchev–Trinajstić information content (AvgIpc) is 3.18. The van der Waals surface area contributed by atoms with E-state index in [1.165, 1.54) is 12.0 Å². The van der Waals surface area contributed by atoms with Crippen LogP contribution in [0.15, 0.2) is 23.3 Å². The molecule has 2 unspecified atom stereocenters. The Morgan fingerprint density at radius 1 is 1.03 bits per heavy atom. The van der Waals surface area contributed by atoms with Crippen LogP contribution in [0.3, 0.4) is 0 Å². The SMILES string of the molecule is CC1(C)O[C@@H]2C3=C[C@H](O)CC[C@]3(C)C3=CC[C@@]4(C)C(CC[C@@H]4O[Si](C)(C)C(C)(C)C)C3[C@H]2O1. The van der Waals surface area contributed by atoms with Gasteiger partial charge < -0.3 is 19.0 Å². The molecule has 186 valence electrons. The van der Waals surface area contributed by atoms with E-state index in [0.29, 0.717) is 17.9 Å². The van der Waals surface area contributed by atoms with Crippen LogP contribution in [0.25, 0.3) is 0 Å². The molecule has 5 aliphatic rings. The number of ether oxygens (including phenoxy) is 2. The maximum Gasteiger partial charge on any atom is 0.192 e. The number of allylic oxidation sites excluding steroid dienone is 1. The highest BCUT2D eigenvalue weighted by atomic mass is 28.4. The van der Waals surface area contributed by atoms with Crippen LogP contribution >= 0.6 is 0 Å². The summed E-state index contributed by atoms with van der Waals surface area (Å²) in [7, 11) is -1.85. The predicted molar refractivity (Wildman–Crippen MR) is 134 cm³/mol. The predicted octanol–water partition coefficient (Wildman–Crippen LogP) is 6.36. The molecule has 5 heteroatoms. The molecule has 3 fully saturated rings. The number of aliphatic hydroxyl groups excluding tert-OH is 1. The van der Waals surface area contributed by atoms with Gasteiger partial charge >= 0.3 is 0 Å². The van der Waals surface area contributed by atoms with Gasteiger partial charge in [0.15, 0.2) is 14.1 Å². The van der Waals surface area contributed by atoms with E-state index in [-0.39, 0.29) is 34.2 Å². The molecule has 2 saturated carbocycles. The van der Waals surface area contributed by atoms with Crippen LogP contribution in [0.2, 0.25) is 18.1 Å². The van der Waals surface area contributed by atoms with Crippen LogP contribution < -0.4 is 0 Å². The minimum atomic E-state index is -1.85. The fourth-order valence-corrected chi connectivity index (χ4v) is 9.03. The van der Waals surface area contributed by atoms with Gasteiger partial charge in [-0.25, -0.2) is 0 Å². The summed E-state index contributed by atoms with van der Waals surface area (Å²) in [6, 6.07) is 0. The lowest BCUT2D eigenvalue weighted by atomic mass is 9.50. The number of aliphatic hydroxyl groups is 1. The zero-order chi connectivity index (χ0) is 24.2. The summed E-state index contributed by atoms with van der Waals surface area (Å²) < 4.78 is 20.3. The zero-order valence-electron chi connectivity index (χ0n) is 22.3. The number of hydrogen-bond acceptors (Lipinski definition) is 4. The lowest BCUT2D eigenvalue weighted by Gasteiger charge is -2.57. The van der Waals surface area contributed by atoms with Crippen molar-refractivity contribution >= 4 is 8.32 Å². The molecule has 1 N–H and O–H groups in total. The fourth-order valence-electron chi connectivity index (χ4n) is 7.58. The van der Waals surface area contributed by atoms with E-state index in [9.17, 15) is 5.11 Å². The molecule has 0 aromatic heterocycles. The first-order valence-electron chi connectivity index (χ1n) is 13.2. The minimum Gasteiger partial charge on any atom is -0.413 e. The third-order valence-corrected chi connectivity index (χ3v) is 15.0. The smallest absolute Gasteiger partial charge is 0.192 e. The van der Waals surface area contributed by atoms with E-state index in [0.717, 1.165) is 25.7 Å². The average molecular weight is 475 g/mol. The molecule has 0 bridgehead atoms. The van der Waals surface area contributed by atoms with Gasteiger partial charge in [-0.2, -0.15) is 0 Å². The lowest BCUT2D eigenvalue weighted by Crippen LogP contribution is -2.56. The van der Waals surface area contributed by atoms with Gasteiger partial charge in [0, 0.05) is 11.3 Å². The molecular formula is C28H46O4Si. The summed E-state index contributed by atoms with van der Waals surface area (Å²) in [5.41, 5.74) is 2.92. The zero-order valence-corrected chi connectivity index (χ0v) is 23.3. The summed E-state index contributed by atoms with van der Waals surface area (Å²) in [5.74, 6) is 0.307. The van der Waals surface area contributed by atoms with Crippen molar-refractivity contribution in [1.29, 1.82) is 0 Å². The maximum absolute atomic E-state index is 10.5. The molecule has 4 nitrogen and oxygen atoms in total. The van der Waals surface area contributed by atoms with E-state index >= 15 is 0 Å². The molecule has 1 aliphatic heterocycles. The molecule has 0 radical (unpaired) electrons. The third-order valence-electron chi connectivity index (χ3n) is 10.5. The van der Waals surface area contributed by atoms with E-state index in [1.807, 2.05) is 13.8 Å². The van der Waals surface area contributed by atoms with Crippen LogP contribution in [0, 0.1) is 22.7 Å². The number of fused-ring (bicyclic) bond motifs is 8. The highest BCUT2D eigenvalue weighted by Gasteiger charge is 2.65. The molecule has 33 heavy (non-hydrogen) atoms. The monoisotopic (exact) mass is 474 g/mol. The third kappa shape index (κ3) is 3.51. The van der Waals surface area contributed by atoms with Crippen molar-refractivity contribution in [3.63, 3.8) is 0 Å². The van der Waals surface area contributed by atoms with Crippen LogP contribution in [-0.2, 0) is 13.9 Å². The Kier molecular flexibility index (Phi) is 5.35. The molecule has 0 aromatic rings. The van der Waals surface area contributed by atoms with Crippen molar-refractivity contribution in [3.8, 4) is 0 Å². The molecule has 8 atom stereocenters. The Balaban J connectivity index is 1.55.